The maximum Gasteiger partial charge on any atom is 0.200 e. The molecule has 0 fully saturated rings. The third-order valence-electron chi connectivity index (χ3n) is 15.2. The van der Waals surface area contributed by atoms with Crippen LogP contribution in [0.4, 0.5) is 66.7 Å². The molecule has 1 aliphatic rings. The van der Waals surface area contributed by atoms with Gasteiger partial charge in [-0.05, 0) is 124 Å². The van der Waals surface area contributed by atoms with E-state index in [2.05, 4.69) is 31.4 Å². The molecule has 412 valence electrons. The first-order chi connectivity index (χ1) is 38.5. The van der Waals surface area contributed by atoms with E-state index in [0.717, 1.165) is 56.2 Å². The van der Waals surface area contributed by atoms with Crippen LogP contribution in [0.2, 0.25) is 0 Å². The number of pyridine rings is 1. The van der Waals surface area contributed by atoms with Crippen molar-refractivity contribution >= 4 is 44.6 Å². The SMILES string of the molecule is CCc1cccc(CC)c1-c1cc(Oc2ccc3c4ccccc4n(-c4cc(C(C)(C)C)ccn4)c3c2)cc(N2CN(c3c(-c4c(F)c(F)c(F)c(F)c4F)cc(C(C)(C)C)cc3-c3c(F)c(F)c(F)c(F)c3F)c3ccccc32)c1. The number of ether oxygens (including phenoxy) is 1. The summed E-state index contributed by atoms with van der Waals surface area (Å²) in [6.45, 7) is 14.8. The summed E-state index contributed by atoms with van der Waals surface area (Å²) >= 11 is 0. The van der Waals surface area contributed by atoms with E-state index in [4.69, 9.17) is 9.72 Å². The van der Waals surface area contributed by atoms with Gasteiger partial charge < -0.3 is 14.5 Å². The third-order valence-corrected chi connectivity index (χ3v) is 15.2. The van der Waals surface area contributed by atoms with Gasteiger partial charge in [-0.2, -0.15) is 0 Å². The number of nitrogens with zero attached hydrogens (tertiary/aromatic N) is 4. The summed E-state index contributed by atoms with van der Waals surface area (Å²) in [5, 5.41) is 1.94. The molecule has 1 aliphatic heterocycles. The van der Waals surface area contributed by atoms with Crippen molar-refractivity contribution in [2.75, 3.05) is 16.5 Å². The van der Waals surface area contributed by atoms with Crippen molar-refractivity contribution in [3.63, 3.8) is 0 Å². The quantitative estimate of drug-likeness (QED) is 0.0776. The van der Waals surface area contributed by atoms with Crippen LogP contribution in [-0.4, -0.2) is 16.2 Å². The van der Waals surface area contributed by atoms with Gasteiger partial charge in [-0.3, -0.25) is 4.57 Å². The lowest BCUT2D eigenvalue weighted by Crippen LogP contribution is -2.26. The molecule has 0 saturated carbocycles. The summed E-state index contributed by atoms with van der Waals surface area (Å²) < 4.78 is 166. The lowest BCUT2D eigenvalue weighted by atomic mass is 9.81. The molecule has 0 aliphatic carbocycles. The number of rotatable bonds is 10. The van der Waals surface area contributed by atoms with Crippen molar-refractivity contribution in [3.05, 3.63) is 214 Å². The second kappa shape index (κ2) is 20.2. The fraction of sp³-hybridized carbons (Fsp3) is 0.197. The topological polar surface area (TPSA) is 33.5 Å². The molecule has 0 N–H and O–H groups in total. The van der Waals surface area contributed by atoms with E-state index < -0.39 is 98.2 Å². The molecular weight excluding hydrogens is 1050 g/mol. The third kappa shape index (κ3) is 9.10. The van der Waals surface area contributed by atoms with Crippen LogP contribution in [0.3, 0.4) is 0 Å². The number of halogens is 10. The molecule has 0 bridgehead atoms. The van der Waals surface area contributed by atoms with Crippen molar-refractivity contribution in [2.45, 2.75) is 79.1 Å². The summed E-state index contributed by atoms with van der Waals surface area (Å²) in [4.78, 5) is 7.86. The van der Waals surface area contributed by atoms with Gasteiger partial charge in [0.2, 0.25) is 11.6 Å². The number of anilines is 4. The normalized spacial score (nSPS) is 12.8. The minimum atomic E-state index is -2.47. The van der Waals surface area contributed by atoms with E-state index in [-0.39, 0.29) is 16.7 Å². The zero-order valence-corrected chi connectivity index (χ0v) is 45.3. The lowest BCUT2D eigenvalue weighted by Gasteiger charge is -2.30. The molecule has 3 heterocycles. The van der Waals surface area contributed by atoms with E-state index in [1.54, 1.807) is 62.2 Å². The number of aromatic nitrogens is 2. The lowest BCUT2D eigenvalue weighted by molar-refractivity contribution is 0.381. The number of hydrogen-bond acceptors (Lipinski definition) is 4. The Morgan fingerprint density at radius 3 is 1.53 bits per heavy atom. The highest BCUT2D eigenvalue weighted by molar-refractivity contribution is 6.09. The molecule has 2 aromatic heterocycles. The largest absolute Gasteiger partial charge is 0.457 e. The van der Waals surface area contributed by atoms with Gasteiger partial charge in [-0.15, -0.1) is 0 Å². The standard InChI is InChI=1S/C66H52F10N4O/c1-9-34-16-15-17-35(10-2)51(34)36-26-39(31-41(27-36)81-40-22-23-43-42-18-11-12-19-46(42)80(49(43)32-40)50-30-37(24-25-77-50)65(3,4)5)78-33-79(48-21-14-13-20-47(48)78)64-44(52-54(67)58(71)62(75)59(72)55(52)68)28-38(66(6,7)8)29-45(64)53-56(69)60(73)63(76)61(74)57(53)70/h11-32H,9-10,33H2,1-8H3. The highest BCUT2D eigenvalue weighted by atomic mass is 19.2. The van der Waals surface area contributed by atoms with Gasteiger partial charge in [0.05, 0.1) is 39.2 Å². The highest BCUT2D eigenvalue weighted by Crippen LogP contribution is 2.54. The zero-order valence-electron chi connectivity index (χ0n) is 45.3. The number of para-hydroxylation sites is 3. The van der Waals surface area contributed by atoms with Gasteiger partial charge in [0, 0.05) is 45.9 Å². The maximum absolute atomic E-state index is 16.5. The smallest absolute Gasteiger partial charge is 0.200 e. The molecule has 15 heteroatoms. The van der Waals surface area contributed by atoms with E-state index >= 15 is 35.1 Å². The first kappa shape index (κ1) is 54.4. The molecule has 0 spiro atoms. The van der Waals surface area contributed by atoms with Crippen molar-refractivity contribution in [1.29, 1.82) is 0 Å². The maximum atomic E-state index is 16.5. The fourth-order valence-electron chi connectivity index (χ4n) is 11.0. The van der Waals surface area contributed by atoms with Crippen LogP contribution >= 0.6 is 0 Å². The molecule has 10 aromatic rings. The summed E-state index contributed by atoms with van der Waals surface area (Å²) in [5.74, 6) is -21.9. The van der Waals surface area contributed by atoms with Crippen LogP contribution in [0.25, 0.3) is 61.0 Å². The van der Waals surface area contributed by atoms with Gasteiger partial charge in [0.25, 0.3) is 0 Å². The average Bonchev–Trinajstić information content (AvgIpc) is 4.26. The Balaban J connectivity index is 1.15. The highest BCUT2D eigenvalue weighted by Gasteiger charge is 2.39. The summed E-state index contributed by atoms with van der Waals surface area (Å²) in [7, 11) is 0. The van der Waals surface area contributed by atoms with E-state index in [0.29, 0.717) is 47.1 Å². The number of aryl methyl sites for hydroxylation is 2. The molecule has 0 radical (unpaired) electrons. The summed E-state index contributed by atoms with van der Waals surface area (Å²) in [5.41, 5.74) is 0.892. The Hall–Kier alpha value is -8.59. The molecule has 0 saturated heterocycles. The molecule has 81 heavy (non-hydrogen) atoms. The first-order valence-corrected chi connectivity index (χ1v) is 26.3. The zero-order chi connectivity index (χ0) is 57.7. The molecule has 8 aromatic carbocycles. The first-order valence-electron chi connectivity index (χ1n) is 26.3. The Labute approximate surface area is 461 Å². The van der Waals surface area contributed by atoms with Crippen molar-refractivity contribution in [1.82, 2.24) is 9.55 Å². The van der Waals surface area contributed by atoms with Crippen LogP contribution in [0.15, 0.2) is 134 Å². The van der Waals surface area contributed by atoms with Crippen molar-refractivity contribution in [3.8, 4) is 50.7 Å². The number of benzene rings is 8. The predicted octanol–water partition coefficient (Wildman–Crippen LogP) is 19.3. The Bertz CT molecular complexity index is 4040. The molecular formula is C66H52F10N4O. The van der Waals surface area contributed by atoms with Gasteiger partial charge >= 0.3 is 0 Å². The van der Waals surface area contributed by atoms with Crippen LogP contribution in [-0.2, 0) is 23.7 Å². The molecule has 0 atom stereocenters. The van der Waals surface area contributed by atoms with Crippen molar-refractivity contribution < 1.29 is 48.6 Å². The molecule has 0 unspecified atom stereocenters. The van der Waals surface area contributed by atoms with E-state index in [1.165, 1.54) is 4.90 Å². The second-order valence-electron chi connectivity index (χ2n) is 22.2. The minimum absolute atomic E-state index is 0.0162. The van der Waals surface area contributed by atoms with Gasteiger partial charge in [0.1, 0.15) is 24.0 Å². The molecule has 5 nitrogen and oxygen atoms in total. The van der Waals surface area contributed by atoms with Gasteiger partial charge in [-0.25, -0.2) is 48.9 Å². The Morgan fingerprint density at radius 2 is 0.975 bits per heavy atom. The summed E-state index contributed by atoms with van der Waals surface area (Å²) in [6, 6.07) is 38.1. The van der Waals surface area contributed by atoms with Crippen LogP contribution in [0.5, 0.6) is 11.5 Å². The monoisotopic (exact) mass is 1110 g/mol. The van der Waals surface area contributed by atoms with Crippen LogP contribution < -0.4 is 14.5 Å². The average molecular weight is 1110 g/mol. The molecule has 0 amide bonds. The predicted molar refractivity (Wildman–Crippen MR) is 299 cm³/mol. The Kier molecular flexibility index (Phi) is 13.6. The number of fused-ring (bicyclic) bond motifs is 4. The fourth-order valence-corrected chi connectivity index (χ4v) is 11.0. The Morgan fingerprint density at radius 1 is 0.457 bits per heavy atom. The van der Waals surface area contributed by atoms with Crippen LogP contribution in [0.1, 0.15) is 77.6 Å². The number of hydrogen-bond donors (Lipinski definition) is 0. The van der Waals surface area contributed by atoms with Gasteiger partial charge in [0.15, 0.2) is 46.5 Å². The molecule has 11 rings (SSSR count). The summed E-state index contributed by atoms with van der Waals surface area (Å²) in [6.07, 6.45) is 3.07. The van der Waals surface area contributed by atoms with Crippen molar-refractivity contribution in [2.24, 2.45) is 0 Å². The van der Waals surface area contributed by atoms with Crippen LogP contribution in [0, 0.1) is 58.2 Å². The second-order valence-corrected chi connectivity index (χ2v) is 22.2. The van der Waals surface area contributed by atoms with Gasteiger partial charge in [-0.1, -0.05) is 104 Å². The minimum Gasteiger partial charge on any atom is -0.457 e. The van der Waals surface area contributed by atoms with E-state index in [9.17, 15) is 8.78 Å². The van der Waals surface area contributed by atoms with E-state index in [1.807, 2.05) is 92.7 Å².